The Morgan fingerprint density at radius 3 is 2.37 bits per heavy atom. The predicted octanol–water partition coefficient (Wildman–Crippen LogP) is 4.46. The number of hydrogen-bond donors (Lipinski definition) is 0. The molecule has 1 aliphatic carbocycles. The molecule has 0 unspecified atom stereocenters. The van der Waals surface area contributed by atoms with Gasteiger partial charge in [0, 0.05) is 0 Å². The van der Waals surface area contributed by atoms with E-state index < -0.39 is 0 Å². The normalized spacial score (nSPS) is 17.8. The highest BCUT2D eigenvalue weighted by atomic mass is 16.5. The second-order valence-corrected chi connectivity index (χ2v) is 5.89. The number of nitriles is 1. The van der Waals surface area contributed by atoms with Crippen LogP contribution in [0, 0.1) is 37.5 Å². The molecule has 2 rings (SSSR count). The van der Waals surface area contributed by atoms with Crippen LogP contribution in [0.2, 0.25) is 0 Å². The predicted molar refractivity (Wildman–Crippen MR) is 77.3 cm³/mol. The third kappa shape index (κ3) is 2.92. The topological polar surface area (TPSA) is 33.0 Å². The summed E-state index contributed by atoms with van der Waals surface area (Å²) in [6.07, 6.45) is 5.53. The molecule has 2 heteroatoms. The first-order chi connectivity index (χ1) is 9.08. The zero-order valence-corrected chi connectivity index (χ0v) is 12.3. The van der Waals surface area contributed by atoms with Gasteiger partial charge >= 0.3 is 0 Å². The Morgan fingerprint density at radius 1 is 1.11 bits per heavy atom. The van der Waals surface area contributed by atoms with Crippen LogP contribution in [0.15, 0.2) is 12.1 Å². The number of aryl methyl sites for hydroxylation is 2. The lowest BCUT2D eigenvalue weighted by atomic mass is 9.76. The molecule has 102 valence electrons. The van der Waals surface area contributed by atoms with Gasteiger partial charge in [0.05, 0.1) is 11.5 Å². The molecule has 1 aliphatic rings. The quantitative estimate of drug-likeness (QED) is 0.800. The van der Waals surface area contributed by atoms with E-state index in [0.29, 0.717) is 6.61 Å². The molecule has 0 amide bonds. The minimum absolute atomic E-state index is 0.263. The molecule has 2 nitrogen and oxygen atoms in total. The highest BCUT2D eigenvalue weighted by molar-refractivity contribution is 5.44. The van der Waals surface area contributed by atoms with Gasteiger partial charge in [0.25, 0.3) is 0 Å². The molecule has 1 saturated carbocycles. The first-order valence-corrected chi connectivity index (χ1v) is 7.19. The zero-order chi connectivity index (χ0) is 13.9. The highest BCUT2D eigenvalue weighted by Gasteiger charge is 2.33. The molecule has 19 heavy (non-hydrogen) atoms. The maximum absolute atomic E-state index is 9.48. The molecule has 0 aromatic heterocycles. The van der Waals surface area contributed by atoms with Crippen LogP contribution < -0.4 is 4.74 Å². The van der Waals surface area contributed by atoms with Crippen LogP contribution in [0.1, 0.15) is 48.8 Å². The molecule has 0 saturated heterocycles. The van der Waals surface area contributed by atoms with E-state index in [4.69, 9.17) is 4.74 Å². The Hall–Kier alpha value is -1.49. The summed E-state index contributed by atoms with van der Waals surface area (Å²) in [5.74, 6) is 0.972. The monoisotopic (exact) mass is 257 g/mol. The van der Waals surface area contributed by atoms with E-state index >= 15 is 0 Å². The van der Waals surface area contributed by atoms with Crippen molar-refractivity contribution in [1.29, 1.82) is 5.26 Å². The van der Waals surface area contributed by atoms with Crippen LogP contribution in [0.3, 0.4) is 0 Å². The summed E-state index contributed by atoms with van der Waals surface area (Å²) in [5.41, 5.74) is 3.34. The number of hydrogen-bond acceptors (Lipinski definition) is 2. The molecule has 1 fully saturated rings. The van der Waals surface area contributed by atoms with Crippen molar-refractivity contribution in [3.63, 3.8) is 0 Å². The van der Waals surface area contributed by atoms with Gasteiger partial charge in [0.1, 0.15) is 12.4 Å². The first kappa shape index (κ1) is 13.9. The molecule has 0 bridgehead atoms. The van der Waals surface area contributed by atoms with E-state index in [1.165, 1.54) is 17.5 Å². The minimum Gasteiger partial charge on any atom is -0.491 e. The fourth-order valence-electron chi connectivity index (χ4n) is 2.87. The lowest BCUT2D eigenvalue weighted by molar-refractivity contribution is 0.149. The molecule has 1 aromatic rings. The summed E-state index contributed by atoms with van der Waals surface area (Å²) in [4.78, 5) is 0. The molecule has 0 radical (unpaired) electrons. The van der Waals surface area contributed by atoms with Gasteiger partial charge in [0.2, 0.25) is 0 Å². The van der Waals surface area contributed by atoms with Crippen LogP contribution in [-0.2, 0) is 0 Å². The largest absolute Gasteiger partial charge is 0.491 e. The van der Waals surface area contributed by atoms with E-state index in [0.717, 1.165) is 37.0 Å². The summed E-state index contributed by atoms with van der Waals surface area (Å²) in [6, 6.07) is 6.73. The second kappa shape index (κ2) is 5.65. The number of ether oxygens (including phenoxy) is 1. The molecule has 0 spiro atoms. The van der Waals surface area contributed by atoms with Crippen LogP contribution >= 0.6 is 0 Å². The third-order valence-corrected chi connectivity index (χ3v) is 4.41. The van der Waals surface area contributed by atoms with Crippen molar-refractivity contribution in [3.05, 3.63) is 28.8 Å². The van der Waals surface area contributed by atoms with Crippen molar-refractivity contribution in [1.82, 2.24) is 0 Å². The maximum atomic E-state index is 9.48. The molecule has 0 aliphatic heterocycles. The van der Waals surface area contributed by atoms with Gasteiger partial charge < -0.3 is 4.74 Å². The maximum Gasteiger partial charge on any atom is 0.125 e. The van der Waals surface area contributed by atoms with Gasteiger partial charge in [-0.25, -0.2) is 0 Å². The van der Waals surface area contributed by atoms with Gasteiger partial charge in [-0.3, -0.25) is 0 Å². The average molecular weight is 257 g/mol. The van der Waals surface area contributed by atoms with E-state index in [1.54, 1.807) is 0 Å². The molecule has 0 atom stereocenters. The summed E-state index contributed by atoms with van der Waals surface area (Å²) >= 11 is 0. The highest BCUT2D eigenvalue weighted by Crippen LogP contribution is 2.37. The van der Waals surface area contributed by atoms with Crippen LogP contribution in [0.5, 0.6) is 5.75 Å². The Bertz CT molecular complexity index is 493. The van der Waals surface area contributed by atoms with E-state index in [2.05, 4.69) is 39.0 Å². The first-order valence-electron chi connectivity index (χ1n) is 7.19. The Labute approximate surface area is 116 Å². The van der Waals surface area contributed by atoms with Crippen LogP contribution in [0.4, 0.5) is 0 Å². The number of rotatable bonds is 3. The van der Waals surface area contributed by atoms with E-state index in [1.807, 2.05) is 0 Å². The molecule has 0 heterocycles. The zero-order valence-electron chi connectivity index (χ0n) is 12.3. The second-order valence-electron chi connectivity index (χ2n) is 5.89. The van der Waals surface area contributed by atoms with Crippen molar-refractivity contribution < 1.29 is 4.74 Å². The van der Waals surface area contributed by atoms with Crippen molar-refractivity contribution in [2.24, 2.45) is 5.41 Å². The minimum atomic E-state index is -0.263. The van der Waals surface area contributed by atoms with E-state index in [9.17, 15) is 5.26 Å². The van der Waals surface area contributed by atoms with Gasteiger partial charge in [-0.05, 0) is 50.3 Å². The molecular weight excluding hydrogens is 234 g/mol. The van der Waals surface area contributed by atoms with Crippen molar-refractivity contribution in [3.8, 4) is 11.8 Å². The fraction of sp³-hybridized carbons (Fsp3) is 0.588. The molecular formula is C17H23NO. The smallest absolute Gasteiger partial charge is 0.125 e. The van der Waals surface area contributed by atoms with Crippen molar-refractivity contribution in [2.75, 3.05) is 6.61 Å². The van der Waals surface area contributed by atoms with Crippen LogP contribution in [-0.4, -0.2) is 6.61 Å². The molecule has 0 N–H and O–H groups in total. The standard InChI is InChI=1S/C17H23NO/c1-13-7-8-14(2)16(15(13)3)19-12-17(11-18)9-5-4-6-10-17/h7-8H,4-6,9-10,12H2,1-3H3. The Balaban J connectivity index is 2.14. The van der Waals surface area contributed by atoms with Crippen molar-refractivity contribution >= 4 is 0 Å². The van der Waals surface area contributed by atoms with Crippen molar-refractivity contribution in [2.45, 2.75) is 52.9 Å². The van der Waals surface area contributed by atoms with Gasteiger partial charge in [-0.15, -0.1) is 0 Å². The third-order valence-electron chi connectivity index (χ3n) is 4.41. The fourth-order valence-corrected chi connectivity index (χ4v) is 2.87. The van der Waals surface area contributed by atoms with Gasteiger partial charge in [-0.1, -0.05) is 31.4 Å². The SMILES string of the molecule is Cc1ccc(C)c(OCC2(C#N)CCCCC2)c1C. The van der Waals surface area contributed by atoms with Gasteiger partial charge in [-0.2, -0.15) is 5.26 Å². The lowest BCUT2D eigenvalue weighted by Crippen LogP contribution is -2.29. The van der Waals surface area contributed by atoms with E-state index in [-0.39, 0.29) is 5.41 Å². The Kier molecular flexibility index (Phi) is 4.14. The average Bonchev–Trinajstić information content (AvgIpc) is 2.44. The summed E-state index contributed by atoms with van der Waals surface area (Å²) in [5, 5.41) is 9.48. The summed E-state index contributed by atoms with van der Waals surface area (Å²) < 4.78 is 6.06. The lowest BCUT2D eigenvalue weighted by Gasteiger charge is -2.31. The summed E-state index contributed by atoms with van der Waals surface area (Å²) in [6.45, 7) is 6.80. The summed E-state index contributed by atoms with van der Waals surface area (Å²) in [7, 11) is 0. The van der Waals surface area contributed by atoms with Crippen LogP contribution in [0.25, 0.3) is 0 Å². The van der Waals surface area contributed by atoms with Gasteiger partial charge in [0.15, 0.2) is 0 Å². The Morgan fingerprint density at radius 2 is 1.74 bits per heavy atom. The number of benzene rings is 1. The number of nitrogens with zero attached hydrogens (tertiary/aromatic N) is 1. The molecule has 1 aromatic carbocycles.